The molecule has 2 atom stereocenters. The molecule has 3 heteroatoms. The SMILES string of the molecule is CCNCC(C)CN(C)CC(C)C#N. The Hall–Kier alpha value is -0.590. The molecule has 0 aliphatic rings. The van der Waals surface area contributed by atoms with E-state index in [0.717, 1.165) is 26.2 Å². The van der Waals surface area contributed by atoms with E-state index >= 15 is 0 Å². The van der Waals surface area contributed by atoms with Crippen molar-refractivity contribution in [2.24, 2.45) is 11.8 Å². The Labute approximate surface area is 88.1 Å². The highest BCUT2D eigenvalue weighted by molar-refractivity contribution is 4.80. The molecule has 0 rings (SSSR count). The minimum absolute atomic E-state index is 0.131. The zero-order valence-corrected chi connectivity index (χ0v) is 9.88. The number of nitriles is 1. The maximum atomic E-state index is 8.67. The molecule has 0 aliphatic heterocycles. The Morgan fingerprint density at radius 2 is 2.00 bits per heavy atom. The molecule has 14 heavy (non-hydrogen) atoms. The zero-order chi connectivity index (χ0) is 11.0. The molecule has 0 aromatic carbocycles. The second-order valence-corrected chi connectivity index (χ2v) is 4.16. The van der Waals surface area contributed by atoms with Gasteiger partial charge in [-0.1, -0.05) is 13.8 Å². The minimum atomic E-state index is 0.131. The van der Waals surface area contributed by atoms with Crippen molar-refractivity contribution in [2.75, 3.05) is 33.2 Å². The van der Waals surface area contributed by atoms with Crippen molar-refractivity contribution in [1.29, 1.82) is 5.26 Å². The summed E-state index contributed by atoms with van der Waals surface area (Å²) in [6.07, 6.45) is 0. The first-order chi connectivity index (χ1) is 6.60. The third-order valence-electron chi connectivity index (χ3n) is 2.17. The highest BCUT2D eigenvalue weighted by Crippen LogP contribution is 2.00. The van der Waals surface area contributed by atoms with Crippen LogP contribution >= 0.6 is 0 Å². The third-order valence-corrected chi connectivity index (χ3v) is 2.17. The van der Waals surface area contributed by atoms with Crippen LogP contribution in [-0.2, 0) is 0 Å². The van der Waals surface area contributed by atoms with Crippen LogP contribution in [0.4, 0.5) is 0 Å². The smallest absolute Gasteiger partial charge is 0.0666 e. The molecule has 0 aliphatic carbocycles. The van der Waals surface area contributed by atoms with Crippen LogP contribution in [0.15, 0.2) is 0 Å². The highest BCUT2D eigenvalue weighted by Gasteiger charge is 2.08. The molecule has 0 bridgehead atoms. The van der Waals surface area contributed by atoms with Crippen LogP contribution in [0.5, 0.6) is 0 Å². The summed E-state index contributed by atoms with van der Waals surface area (Å²) >= 11 is 0. The summed E-state index contributed by atoms with van der Waals surface area (Å²) in [5.74, 6) is 0.775. The highest BCUT2D eigenvalue weighted by atomic mass is 15.1. The van der Waals surface area contributed by atoms with Gasteiger partial charge in [0.25, 0.3) is 0 Å². The topological polar surface area (TPSA) is 39.1 Å². The summed E-state index contributed by atoms with van der Waals surface area (Å²) in [5.41, 5.74) is 0. The molecule has 0 aromatic heterocycles. The minimum Gasteiger partial charge on any atom is -0.317 e. The average molecular weight is 197 g/mol. The van der Waals surface area contributed by atoms with E-state index in [-0.39, 0.29) is 5.92 Å². The Balaban J connectivity index is 3.60. The van der Waals surface area contributed by atoms with E-state index in [1.165, 1.54) is 0 Å². The predicted octanol–water partition coefficient (Wildman–Crippen LogP) is 1.32. The molecule has 0 spiro atoms. The lowest BCUT2D eigenvalue weighted by molar-refractivity contribution is 0.265. The quantitative estimate of drug-likeness (QED) is 0.669. The lowest BCUT2D eigenvalue weighted by atomic mass is 10.1. The number of rotatable bonds is 7. The number of hydrogen-bond donors (Lipinski definition) is 1. The van der Waals surface area contributed by atoms with Gasteiger partial charge >= 0.3 is 0 Å². The molecule has 0 saturated heterocycles. The van der Waals surface area contributed by atoms with Gasteiger partial charge < -0.3 is 10.2 Å². The largest absolute Gasteiger partial charge is 0.317 e. The van der Waals surface area contributed by atoms with E-state index < -0.39 is 0 Å². The summed E-state index contributed by atoms with van der Waals surface area (Å²) in [6.45, 7) is 10.3. The molecule has 3 nitrogen and oxygen atoms in total. The first-order valence-electron chi connectivity index (χ1n) is 5.39. The van der Waals surface area contributed by atoms with Crippen LogP contribution in [0.2, 0.25) is 0 Å². The van der Waals surface area contributed by atoms with Crippen molar-refractivity contribution >= 4 is 0 Å². The van der Waals surface area contributed by atoms with Gasteiger partial charge in [0.05, 0.1) is 12.0 Å². The van der Waals surface area contributed by atoms with Crippen LogP contribution in [0.25, 0.3) is 0 Å². The predicted molar refractivity (Wildman–Crippen MR) is 60.0 cm³/mol. The van der Waals surface area contributed by atoms with E-state index in [2.05, 4.69) is 37.2 Å². The number of nitrogens with one attached hydrogen (secondary N) is 1. The van der Waals surface area contributed by atoms with Crippen LogP contribution < -0.4 is 5.32 Å². The van der Waals surface area contributed by atoms with Gasteiger partial charge in [-0.3, -0.25) is 0 Å². The summed E-state index contributed by atoms with van der Waals surface area (Å²) in [4.78, 5) is 2.23. The van der Waals surface area contributed by atoms with Gasteiger partial charge in [-0.25, -0.2) is 0 Å². The fourth-order valence-corrected chi connectivity index (χ4v) is 1.57. The maximum Gasteiger partial charge on any atom is 0.0666 e. The molecule has 1 N–H and O–H groups in total. The normalized spacial score (nSPS) is 15.1. The third kappa shape index (κ3) is 6.88. The summed E-state index contributed by atoms with van der Waals surface area (Å²) in [5, 5.41) is 12.0. The van der Waals surface area contributed by atoms with E-state index in [4.69, 9.17) is 5.26 Å². The van der Waals surface area contributed by atoms with E-state index in [1.54, 1.807) is 0 Å². The molecule has 82 valence electrons. The molecular weight excluding hydrogens is 174 g/mol. The monoisotopic (exact) mass is 197 g/mol. The lowest BCUT2D eigenvalue weighted by Gasteiger charge is -2.22. The van der Waals surface area contributed by atoms with Crippen molar-refractivity contribution < 1.29 is 0 Å². The fraction of sp³-hybridized carbons (Fsp3) is 0.909. The van der Waals surface area contributed by atoms with E-state index in [9.17, 15) is 0 Å². The van der Waals surface area contributed by atoms with Crippen molar-refractivity contribution in [3.8, 4) is 6.07 Å². The first-order valence-corrected chi connectivity index (χ1v) is 5.39. The summed E-state index contributed by atoms with van der Waals surface area (Å²) in [6, 6.07) is 2.25. The molecule has 0 fully saturated rings. The van der Waals surface area contributed by atoms with Gasteiger partial charge in [-0.2, -0.15) is 5.26 Å². The van der Waals surface area contributed by atoms with Crippen LogP contribution in [0.1, 0.15) is 20.8 Å². The molecule has 0 heterocycles. The summed E-state index contributed by atoms with van der Waals surface area (Å²) < 4.78 is 0. The van der Waals surface area contributed by atoms with Crippen molar-refractivity contribution in [2.45, 2.75) is 20.8 Å². The molecule has 2 unspecified atom stereocenters. The standard InChI is InChI=1S/C11H23N3/c1-5-13-7-11(3)9-14(4)8-10(2)6-12/h10-11,13H,5,7-9H2,1-4H3. The average Bonchev–Trinajstić information content (AvgIpc) is 2.14. The first kappa shape index (κ1) is 13.4. The second kappa shape index (κ2) is 7.78. The van der Waals surface area contributed by atoms with Gasteiger partial charge in [0, 0.05) is 13.1 Å². The van der Waals surface area contributed by atoms with E-state index in [0.29, 0.717) is 5.92 Å². The number of hydrogen-bond acceptors (Lipinski definition) is 3. The Morgan fingerprint density at radius 1 is 1.36 bits per heavy atom. The molecule has 0 amide bonds. The molecular formula is C11H23N3. The maximum absolute atomic E-state index is 8.67. The van der Waals surface area contributed by atoms with E-state index in [1.807, 2.05) is 6.92 Å². The fourth-order valence-electron chi connectivity index (χ4n) is 1.57. The lowest BCUT2D eigenvalue weighted by Crippen LogP contribution is -2.33. The zero-order valence-electron chi connectivity index (χ0n) is 9.88. The van der Waals surface area contributed by atoms with Crippen LogP contribution in [0, 0.1) is 23.2 Å². The van der Waals surface area contributed by atoms with Gasteiger partial charge in [-0.05, 0) is 33.0 Å². The van der Waals surface area contributed by atoms with Gasteiger partial charge in [0.15, 0.2) is 0 Å². The molecule has 0 saturated carbocycles. The van der Waals surface area contributed by atoms with Crippen molar-refractivity contribution in [3.05, 3.63) is 0 Å². The molecule has 0 aromatic rings. The van der Waals surface area contributed by atoms with Crippen molar-refractivity contribution in [1.82, 2.24) is 10.2 Å². The Morgan fingerprint density at radius 3 is 2.50 bits per heavy atom. The van der Waals surface area contributed by atoms with Gasteiger partial charge in [0.2, 0.25) is 0 Å². The number of nitrogens with zero attached hydrogens (tertiary/aromatic N) is 2. The van der Waals surface area contributed by atoms with Gasteiger partial charge in [-0.15, -0.1) is 0 Å². The van der Waals surface area contributed by atoms with Gasteiger partial charge in [0.1, 0.15) is 0 Å². The summed E-state index contributed by atoms with van der Waals surface area (Å²) in [7, 11) is 2.08. The Bertz CT molecular complexity index is 174. The molecule has 0 radical (unpaired) electrons. The Kier molecular flexibility index (Phi) is 7.45. The van der Waals surface area contributed by atoms with Crippen LogP contribution in [-0.4, -0.2) is 38.1 Å². The van der Waals surface area contributed by atoms with Crippen LogP contribution in [0.3, 0.4) is 0 Å². The van der Waals surface area contributed by atoms with Crippen molar-refractivity contribution in [3.63, 3.8) is 0 Å². The second-order valence-electron chi connectivity index (χ2n) is 4.16.